The molecule has 8 aromatic rings. The van der Waals surface area contributed by atoms with Crippen molar-refractivity contribution in [2.45, 2.75) is 0 Å². The first kappa shape index (κ1) is 21.8. The lowest BCUT2D eigenvalue weighted by molar-refractivity contribution is 1.18. The number of hydrogen-bond donors (Lipinski definition) is 0. The smallest absolute Gasteiger partial charge is 0.0651 e. The second-order valence-electron chi connectivity index (χ2n) is 10.7. The molecule has 8 rings (SSSR count). The standard InChI is InChI=1S/C42H30N2/c1-4-15-31(16-5-1)37-23-10-12-25-40(37)43(34-18-6-2-7-19-34)36-22-14-17-32(29-36)33-27-28-42-39(30-33)38-24-11-13-26-41(38)44(42)35-20-8-3-9-21-35/h1-30H/i14D,17D,22D,29D. The lowest BCUT2D eigenvalue weighted by atomic mass is 10.00. The van der Waals surface area contributed by atoms with Gasteiger partial charge in [0.25, 0.3) is 0 Å². The van der Waals surface area contributed by atoms with Gasteiger partial charge < -0.3 is 9.47 Å². The summed E-state index contributed by atoms with van der Waals surface area (Å²) >= 11 is 0. The van der Waals surface area contributed by atoms with Crippen molar-refractivity contribution in [2.75, 3.05) is 4.90 Å². The number of benzene rings is 7. The molecule has 0 aliphatic rings. The van der Waals surface area contributed by atoms with Crippen molar-refractivity contribution < 1.29 is 5.48 Å². The molecule has 0 aliphatic carbocycles. The molecule has 0 bridgehead atoms. The fourth-order valence-corrected chi connectivity index (χ4v) is 6.07. The van der Waals surface area contributed by atoms with Crippen LogP contribution in [0.15, 0.2) is 182 Å². The number of nitrogens with zero attached hydrogens (tertiary/aromatic N) is 2. The van der Waals surface area contributed by atoms with Gasteiger partial charge in [0.2, 0.25) is 0 Å². The van der Waals surface area contributed by atoms with E-state index in [1.54, 1.807) is 0 Å². The SMILES string of the molecule is [2H]c1c([2H])c(-c2ccc3c(c2)c2ccccc2n3-c2ccccc2)c([2H])c(N(c2ccccc2)c2ccccc2-c2ccccc2)c1[2H]. The minimum absolute atomic E-state index is 0.0267. The molecule has 0 spiro atoms. The highest BCUT2D eigenvalue weighted by atomic mass is 15.1. The maximum Gasteiger partial charge on any atom is 0.0651 e. The van der Waals surface area contributed by atoms with Crippen LogP contribution in [0.5, 0.6) is 0 Å². The fourth-order valence-electron chi connectivity index (χ4n) is 6.07. The maximum atomic E-state index is 9.71. The highest BCUT2D eigenvalue weighted by Crippen LogP contribution is 2.42. The van der Waals surface area contributed by atoms with Crippen LogP contribution in [0, 0.1) is 0 Å². The Balaban J connectivity index is 1.39. The van der Waals surface area contributed by atoms with Gasteiger partial charge in [-0.2, -0.15) is 0 Å². The highest BCUT2D eigenvalue weighted by Gasteiger charge is 2.18. The van der Waals surface area contributed by atoms with Gasteiger partial charge in [-0.05, 0) is 77.3 Å². The number of rotatable bonds is 6. The van der Waals surface area contributed by atoms with Crippen molar-refractivity contribution >= 4 is 38.9 Å². The molecule has 0 atom stereocenters. The summed E-state index contributed by atoms with van der Waals surface area (Å²) in [4.78, 5) is 1.90. The molecule has 44 heavy (non-hydrogen) atoms. The van der Waals surface area contributed by atoms with E-state index in [9.17, 15) is 2.74 Å². The van der Waals surface area contributed by atoms with Crippen molar-refractivity contribution in [3.05, 3.63) is 182 Å². The molecule has 0 aliphatic heterocycles. The quantitative estimate of drug-likeness (QED) is 0.194. The summed E-state index contributed by atoms with van der Waals surface area (Å²) in [5, 5.41) is 2.05. The number of hydrogen-bond acceptors (Lipinski definition) is 1. The van der Waals surface area contributed by atoms with Crippen LogP contribution in [0.4, 0.5) is 17.1 Å². The Morgan fingerprint density at radius 2 is 1.14 bits per heavy atom. The van der Waals surface area contributed by atoms with Crippen molar-refractivity contribution in [2.24, 2.45) is 0 Å². The first-order valence-corrected chi connectivity index (χ1v) is 14.7. The molecule has 1 aromatic heterocycles. The lowest BCUT2D eigenvalue weighted by Crippen LogP contribution is -2.11. The van der Waals surface area contributed by atoms with Crippen molar-refractivity contribution in [3.8, 4) is 27.9 Å². The van der Waals surface area contributed by atoms with Crippen molar-refractivity contribution in [3.63, 3.8) is 0 Å². The minimum Gasteiger partial charge on any atom is -0.310 e. The van der Waals surface area contributed by atoms with Crippen LogP contribution < -0.4 is 4.90 Å². The van der Waals surface area contributed by atoms with Gasteiger partial charge in [0.05, 0.1) is 22.2 Å². The topological polar surface area (TPSA) is 8.17 Å². The Hall–Kier alpha value is -5.86. The van der Waals surface area contributed by atoms with E-state index in [4.69, 9.17) is 2.74 Å². The molecular formula is C42H30N2. The van der Waals surface area contributed by atoms with Gasteiger partial charge in [0.15, 0.2) is 0 Å². The molecule has 2 heteroatoms. The number of para-hydroxylation sites is 4. The lowest BCUT2D eigenvalue weighted by Gasteiger charge is -2.28. The van der Waals surface area contributed by atoms with E-state index in [-0.39, 0.29) is 29.9 Å². The van der Waals surface area contributed by atoms with Gasteiger partial charge in [-0.3, -0.25) is 0 Å². The third kappa shape index (κ3) is 4.54. The second kappa shape index (κ2) is 11.1. The van der Waals surface area contributed by atoms with Gasteiger partial charge in [-0.25, -0.2) is 0 Å². The Labute approximate surface area is 263 Å². The van der Waals surface area contributed by atoms with Crippen molar-refractivity contribution in [1.82, 2.24) is 4.57 Å². The van der Waals surface area contributed by atoms with Gasteiger partial charge in [0.1, 0.15) is 0 Å². The summed E-state index contributed by atoms with van der Waals surface area (Å²) in [7, 11) is 0. The summed E-state index contributed by atoms with van der Waals surface area (Å²) in [6, 6.07) is 51.6. The predicted molar refractivity (Wildman–Crippen MR) is 186 cm³/mol. The molecule has 2 nitrogen and oxygen atoms in total. The van der Waals surface area contributed by atoms with E-state index >= 15 is 0 Å². The normalized spacial score (nSPS) is 12.5. The molecule has 7 aromatic carbocycles. The molecule has 1 heterocycles. The number of aromatic nitrogens is 1. The summed E-state index contributed by atoms with van der Waals surface area (Å²) in [6.45, 7) is 0. The molecule has 0 radical (unpaired) electrons. The maximum absolute atomic E-state index is 9.71. The third-order valence-electron chi connectivity index (χ3n) is 8.06. The monoisotopic (exact) mass is 566 g/mol. The van der Waals surface area contributed by atoms with Crippen LogP contribution in [-0.2, 0) is 0 Å². The van der Waals surface area contributed by atoms with Crippen LogP contribution in [0.2, 0.25) is 0 Å². The summed E-state index contributed by atoms with van der Waals surface area (Å²) in [5.74, 6) is 0. The average molecular weight is 567 g/mol. The summed E-state index contributed by atoms with van der Waals surface area (Å²) in [6.07, 6.45) is 0. The Kier molecular flexibility index (Phi) is 5.49. The van der Waals surface area contributed by atoms with Crippen LogP contribution in [0.1, 0.15) is 5.48 Å². The van der Waals surface area contributed by atoms with E-state index < -0.39 is 0 Å². The number of anilines is 3. The Morgan fingerprint density at radius 1 is 0.477 bits per heavy atom. The van der Waals surface area contributed by atoms with Gasteiger partial charge >= 0.3 is 0 Å². The predicted octanol–water partition coefficient (Wildman–Crippen LogP) is 11.6. The van der Waals surface area contributed by atoms with Crippen LogP contribution in [0.25, 0.3) is 49.7 Å². The molecular weight excluding hydrogens is 532 g/mol. The second-order valence-corrected chi connectivity index (χ2v) is 10.7. The zero-order chi connectivity index (χ0) is 32.8. The molecule has 208 valence electrons. The third-order valence-corrected chi connectivity index (χ3v) is 8.06. The van der Waals surface area contributed by atoms with E-state index in [1.165, 1.54) is 0 Å². The molecule has 0 fully saturated rings. The Morgan fingerprint density at radius 3 is 1.95 bits per heavy atom. The largest absolute Gasteiger partial charge is 0.310 e. The van der Waals surface area contributed by atoms with E-state index in [1.807, 2.05) is 138 Å². The fraction of sp³-hybridized carbons (Fsp3) is 0. The zero-order valence-electron chi connectivity index (χ0n) is 27.9. The van der Waals surface area contributed by atoms with Crippen LogP contribution in [-0.4, -0.2) is 4.57 Å². The van der Waals surface area contributed by atoms with Crippen LogP contribution in [0.3, 0.4) is 0 Å². The molecule has 0 saturated carbocycles. The van der Waals surface area contributed by atoms with Crippen LogP contribution >= 0.6 is 0 Å². The molecule has 0 saturated heterocycles. The van der Waals surface area contributed by atoms with E-state index in [2.05, 4.69) is 28.8 Å². The first-order chi connectivity index (χ1) is 23.5. The van der Waals surface area contributed by atoms with E-state index in [0.717, 1.165) is 50.0 Å². The highest BCUT2D eigenvalue weighted by molar-refractivity contribution is 6.10. The minimum atomic E-state index is -0.221. The zero-order valence-corrected chi connectivity index (χ0v) is 23.9. The summed E-state index contributed by atoms with van der Waals surface area (Å²) < 4.78 is 39.3. The van der Waals surface area contributed by atoms with Gasteiger partial charge in [-0.1, -0.05) is 121 Å². The first-order valence-electron chi connectivity index (χ1n) is 16.7. The molecule has 0 amide bonds. The summed E-state index contributed by atoms with van der Waals surface area (Å²) in [5.41, 5.74) is 7.81. The number of fused-ring (bicyclic) bond motifs is 3. The Bertz CT molecular complexity index is 2440. The van der Waals surface area contributed by atoms with Crippen molar-refractivity contribution in [1.29, 1.82) is 0 Å². The molecule has 0 unspecified atom stereocenters. The van der Waals surface area contributed by atoms with Gasteiger partial charge in [0, 0.05) is 33.4 Å². The van der Waals surface area contributed by atoms with E-state index in [0.29, 0.717) is 11.1 Å². The molecule has 0 N–H and O–H groups in total. The van der Waals surface area contributed by atoms with Gasteiger partial charge in [-0.15, -0.1) is 0 Å². The average Bonchev–Trinajstić information content (AvgIpc) is 3.47.